The lowest BCUT2D eigenvalue weighted by Gasteiger charge is -2.35. The summed E-state index contributed by atoms with van der Waals surface area (Å²) in [6.45, 7) is 3.64. The Hall–Kier alpha value is -3.00. The number of aryl methyl sites for hydroxylation is 1. The van der Waals surface area contributed by atoms with Gasteiger partial charge < -0.3 is 15.3 Å². The molecule has 0 spiro atoms. The molecule has 1 saturated heterocycles. The van der Waals surface area contributed by atoms with Crippen molar-refractivity contribution in [2.75, 3.05) is 23.4 Å². The van der Waals surface area contributed by atoms with E-state index in [1.807, 2.05) is 42.1 Å². The highest BCUT2D eigenvalue weighted by Gasteiger charge is 2.23. The van der Waals surface area contributed by atoms with E-state index in [4.69, 9.17) is 0 Å². The van der Waals surface area contributed by atoms with Crippen LogP contribution in [0.2, 0.25) is 0 Å². The number of nitrogens with zero attached hydrogens (tertiary/aromatic N) is 6. The Labute approximate surface area is 164 Å². The summed E-state index contributed by atoms with van der Waals surface area (Å²) in [5.41, 5.74) is 1.06. The molecule has 4 rings (SSSR count). The third kappa shape index (κ3) is 3.96. The molecule has 0 aliphatic carbocycles. The molecule has 8 nitrogen and oxygen atoms in total. The predicted octanol–water partition coefficient (Wildman–Crippen LogP) is 2.33. The lowest BCUT2D eigenvalue weighted by atomic mass is 10.0. The van der Waals surface area contributed by atoms with Crippen LogP contribution in [0.15, 0.2) is 43.1 Å². The number of rotatable bonds is 6. The number of imidazole rings is 1. The molecule has 4 heterocycles. The van der Waals surface area contributed by atoms with E-state index >= 15 is 0 Å². The van der Waals surface area contributed by atoms with Crippen LogP contribution in [-0.4, -0.2) is 48.8 Å². The molecule has 146 valence electrons. The molecule has 1 aliphatic rings. The van der Waals surface area contributed by atoms with Crippen LogP contribution in [0.1, 0.15) is 30.7 Å². The minimum atomic E-state index is 0.139. The smallest absolute Gasteiger partial charge is 0.137 e. The molecule has 1 fully saturated rings. The van der Waals surface area contributed by atoms with Gasteiger partial charge in [-0.05, 0) is 37.8 Å². The largest absolute Gasteiger partial charge is 0.394 e. The summed E-state index contributed by atoms with van der Waals surface area (Å²) < 4.78 is 1.95. The Balaban J connectivity index is 1.42. The first kappa shape index (κ1) is 18.4. The molecule has 28 heavy (non-hydrogen) atoms. The zero-order chi connectivity index (χ0) is 19.3. The second-order valence-electron chi connectivity index (χ2n) is 7.01. The average Bonchev–Trinajstić information content (AvgIpc) is 3.18. The maximum absolute atomic E-state index is 9.64. The number of hydrogen-bond acceptors (Lipinski definition) is 7. The van der Waals surface area contributed by atoms with Crippen LogP contribution in [0.5, 0.6) is 0 Å². The van der Waals surface area contributed by atoms with Gasteiger partial charge in [0.15, 0.2) is 0 Å². The van der Waals surface area contributed by atoms with Crippen LogP contribution in [0.3, 0.4) is 0 Å². The van der Waals surface area contributed by atoms with E-state index in [9.17, 15) is 5.11 Å². The van der Waals surface area contributed by atoms with E-state index in [-0.39, 0.29) is 12.6 Å². The molecule has 0 radical (unpaired) electrons. The zero-order valence-electron chi connectivity index (χ0n) is 16.0. The molecule has 1 atom stereocenters. The molecule has 8 heteroatoms. The first-order valence-electron chi connectivity index (χ1n) is 9.63. The van der Waals surface area contributed by atoms with Gasteiger partial charge in [-0.1, -0.05) is 6.07 Å². The van der Waals surface area contributed by atoms with Gasteiger partial charge in [-0.15, -0.1) is 0 Å². The van der Waals surface area contributed by atoms with Gasteiger partial charge in [-0.25, -0.2) is 19.9 Å². The van der Waals surface area contributed by atoms with Crippen LogP contribution in [0.25, 0.3) is 5.82 Å². The van der Waals surface area contributed by atoms with E-state index in [2.05, 4.69) is 30.2 Å². The average molecular weight is 379 g/mol. The molecular formula is C20H25N7O. The predicted molar refractivity (Wildman–Crippen MR) is 108 cm³/mol. The van der Waals surface area contributed by atoms with Gasteiger partial charge in [-0.3, -0.25) is 4.57 Å². The van der Waals surface area contributed by atoms with Crippen molar-refractivity contribution in [3.8, 4) is 5.82 Å². The van der Waals surface area contributed by atoms with Gasteiger partial charge in [0, 0.05) is 37.7 Å². The highest BCUT2D eigenvalue weighted by atomic mass is 16.3. The van der Waals surface area contributed by atoms with Gasteiger partial charge in [-0.2, -0.15) is 0 Å². The minimum absolute atomic E-state index is 0.139. The molecule has 0 amide bonds. The summed E-state index contributed by atoms with van der Waals surface area (Å²) >= 11 is 0. The van der Waals surface area contributed by atoms with E-state index in [1.54, 1.807) is 12.5 Å². The van der Waals surface area contributed by atoms with Crippen molar-refractivity contribution in [3.05, 3.63) is 54.5 Å². The fraction of sp³-hybridized carbons (Fsp3) is 0.400. The summed E-state index contributed by atoms with van der Waals surface area (Å²) in [5, 5.41) is 13.0. The molecule has 3 aromatic heterocycles. The number of anilines is 2. The van der Waals surface area contributed by atoms with Crippen molar-refractivity contribution < 1.29 is 5.11 Å². The maximum Gasteiger partial charge on any atom is 0.137 e. The summed E-state index contributed by atoms with van der Waals surface area (Å²) in [4.78, 5) is 19.7. The highest BCUT2D eigenvalue weighted by molar-refractivity contribution is 5.49. The number of hydrogen-bond donors (Lipinski definition) is 2. The second kappa shape index (κ2) is 8.35. The monoisotopic (exact) mass is 379 g/mol. The third-order valence-corrected chi connectivity index (χ3v) is 5.14. The van der Waals surface area contributed by atoms with Crippen molar-refractivity contribution in [2.45, 2.75) is 38.8 Å². The van der Waals surface area contributed by atoms with Crippen LogP contribution in [0.4, 0.5) is 11.6 Å². The van der Waals surface area contributed by atoms with Gasteiger partial charge in [0.25, 0.3) is 0 Å². The van der Waals surface area contributed by atoms with Crippen LogP contribution >= 0.6 is 0 Å². The first-order chi connectivity index (χ1) is 13.7. The summed E-state index contributed by atoms with van der Waals surface area (Å²) in [6.07, 6.45) is 10.4. The Morgan fingerprint density at radius 1 is 1.14 bits per heavy atom. The van der Waals surface area contributed by atoms with Crippen molar-refractivity contribution in [3.63, 3.8) is 0 Å². The topological polar surface area (TPSA) is 92.0 Å². The molecule has 1 aliphatic heterocycles. The normalized spacial score (nSPS) is 16.9. The molecule has 1 unspecified atom stereocenters. The summed E-state index contributed by atoms with van der Waals surface area (Å²) in [5.74, 6) is 3.39. The van der Waals surface area contributed by atoms with Gasteiger partial charge in [0.05, 0.1) is 12.6 Å². The third-order valence-electron chi connectivity index (χ3n) is 5.14. The number of aliphatic hydroxyl groups excluding tert-OH is 1. The van der Waals surface area contributed by atoms with E-state index in [0.717, 1.165) is 54.6 Å². The zero-order valence-corrected chi connectivity index (χ0v) is 16.0. The van der Waals surface area contributed by atoms with Crippen LogP contribution in [-0.2, 0) is 6.54 Å². The Morgan fingerprint density at radius 3 is 2.82 bits per heavy atom. The maximum atomic E-state index is 9.64. The number of nitrogens with one attached hydrogen (secondary N) is 1. The summed E-state index contributed by atoms with van der Waals surface area (Å²) in [7, 11) is 0. The Morgan fingerprint density at radius 2 is 2.07 bits per heavy atom. The lowest BCUT2D eigenvalue weighted by molar-refractivity contribution is 0.239. The Bertz CT molecular complexity index is 909. The van der Waals surface area contributed by atoms with E-state index < -0.39 is 0 Å². The number of pyridine rings is 1. The molecule has 0 aromatic carbocycles. The van der Waals surface area contributed by atoms with Crippen molar-refractivity contribution in [1.29, 1.82) is 0 Å². The van der Waals surface area contributed by atoms with Crippen LogP contribution in [0, 0.1) is 6.92 Å². The van der Waals surface area contributed by atoms with Gasteiger partial charge in [0.1, 0.15) is 29.6 Å². The van der Waals surface area contributed by atoms with Crippen molar-refractivity contribution in [2.24, 2.45) is 0 Å². The Kier molecular flexibility index (Phi) is 5.48. The minimum Gasteiger partial charge on any atom is -0.394 e. The number of piperidine rings is 1. The lowest BCUT2D eigenvalue weighted by Crippen LogP contribution is -2.42. The van der Waals surface area contributed by atoms with E-state index in [1.165, 1.54) is 0 Å². The first-order valence-corrected chi connectivity index (χ1v) is 9.63. The van der Waals surface area contributed by atoms with Crippen molar-refractivity contribution >= 4 is 11.6 Å². The summed E-state index contributed by atoms with van der Waals surface area (Å²) in [6, 6.07) is 6.12. The number of aliphatic hydroxyl groups is 1. The highest BCUT2D eigenvalue weighted by Crippen LogP contribution is 2.24. The standard InChI is InChI=1S/C20H25N7O/c1-15-21-7-9-26(15)19-6-5-16(12-23-19)11-22-18-10-20(25-14-24-18)27-8-3-2-4-17(27)13-28/h5-7,9-10,12,14,17,28H,2-4,8,11,13H2,1H3,(H,22,24,25). The van der Waals surface area contributed by atoms with Gasteiger partial charge in [0.2, 0.25) is 0 Å². The second-order valence-corrected chi connectivity index (χ2v) is 7.01. The number of aromatic nitrogens is 5. The fourth-order valence-electron chi connectivity index (χ4n) is 3.57. The molecule has 3 aromatic rings. The SMILES string of the molecule is Cc1nccn1-c1ccc(CNc2cc(N3CCCCC3CO)ncn2)cn1. The molecule has 2 N–H and O–H groups in total. The quantitative estimate of drug-likeness (QED) is 0.679. The molecular weight excluding hydrogens is 354 g/mol. The molecule has 0 bridgehead atoms. The van der Waals surface area contributed by atoms with Crippen LogP contribution < -0.4 is 10.2 Å². The van der Waals surface area contributed by atoms with Crippen molar-refractivity contribution in [1.82, 2.24) is 24.5 Å². The van der Waals surface area contributed by atoms with E-state index in [0.29, 0.717) is 6.54 Å². The fourth-order valence-corrected chi connectivity index (χ4v) is 3.57. The van der Waals surface area contributed by atoms with Gasteiger partial charge >= 0.3 is 0 Å². The molecule has 0 saturated carbocycles.